The molecule has 0 aromatic rings. The van der Waals surface area contributed by atoms with Crippen molar-refractivity contribution in [2.75, 3.05) is 6.61 Å². The van der Waals surface area contributed by atoms with Crippen LogP contribution < -0.4 is 0 Å². The van der Waals surface area contributed by atoms with Crippen molar-refractivity contribution < 1.29 is 10.2 Å². The molecule has 0 unspecified atom stereocenters. The van der Waals surface area contributed by atoms with Gasteiger partial charge < -0.3 is 10.2 Å². The van der Waals surface area contributed by atoms with Gasteiger partial charge in [0.05, 0.1) is 12.4 Å². The fraction of sp³-hybridized carbons (Fsp3) is 0.667. The summed E-state index contributed by atoms with van der Waals surface area (Å²) in [6, 6.07) is 0. The minimum atomic E-state index is -0.0420. The van der Waals surface area contributed by atoms with E-state index in [0.717, 1.165) is 0 Å². The Morgan fingerprint density at radius 1 is 1.50 bits per heavy atom. The molecule has 0 aromatic heterocycles. The van der Waals surface area contributed by atoms with Gasteiger partial charge in [-0.05, 0) is 12.5 Å². The predicted molar refractivity (Wildman–Crippen MR) is 32.7 cm³/mol. The highest BCUT2D eigenvalue weighted by atomic mass is 16.3. The maximum atomic E-state index is 8.85. The highest BCUT2D eigenvalue weighted by Gasteiger charge is 1.92. The lowest BCUT2D eigenvalue weighted by atomic mass is 10.2. The second kappa shape index (κ2) is 3.50. The molecule has 0 saturated heterocycles. The Morgan fingerprint density at radius 2 is 2.00 bits per heavy atom. The lowest BCUT2D eigenvalue weighted by Crippen LogP contribution is -1.90. The molecule has 0 aliphatic heterocycles. The van der Waals surface area contributed by atoms with Gasteiger partial charge >= 0.3 is 0 Å². The van der Waals surface area contributed by atoms with Gasteiger partial charge in [-0.25, -0.2) is 0 Å². The first-order valence-electron chi connectivity index (χ1n) is 2.70. The van der Waals surface area contributed by atoms with Crippen LogP contribution in [0.4, 0.5) is 0 Å². The molecule has 0 saturated carbocycles. The molecule has 0 fully saturated rings. The lowest BCUT2D eigenvalue weighted by Gasteiger charge is -1.97. The number of hydrogen-bond donors (Lipinski definition) is 2. The highest BCUT2D eigenvalue weighted by molar-refractivity contribution is 5.03. The summed E-state index contributed by atoms with van der Waals surface area (Å²) in [5.41, 5.74) is 0.660. The average Bonchev–Trinajstić information content (AvgIpc) is 1.84. The van der Waals surface area contributed by atoms with Crippen molar-refractivity contribution in [1.82, 2.24) is 0 Å². The summed E-state index contributed by atoms with van der Waals surface area (Å²) >= 11 is 0. The molecule has 0 bridgehead atoms. The second-order valence-corrected chi connectivity index (χ2v) is 1.74. The van der Waals surface area contributed by atoms with Crippen LogP contribution in [0.3, 0.4) is 0 Å². The summed E-state index contributed by atoms with van der Waals surface area (Å²) in [6.45, 7) is 3.51. The van der Waals surface area contributed by atoms with Gasteiger partial charge in [-0.3, -0.25) is 0 Å². The van der Waals surface area contributed by atoms with Crippen molar-refractivity contribution in [2.24, 2.45) is 0 Å². The van der Waals surface area contributed by atoms with Crippen LogP contribution in [-0.2, 0) is 0 Å². The van der Waals surface area contributed by atoms with E-state index >= 15 is 0 Å². The topological polar surface area (TPSA) is 40.5 Å². The zero-order valence-corrected chi connectivity index (χ0v) is 5.31. The number of aliphatic hydroxyl groups excluding tert-OH is 2. The predicted octanol–water partition coefficient (Wildman–Crippen LogP) is 1.22. The molecule has 2 N–H and O–H groups in total. The van der Waals surface area contributed by atoms with Crippen molar-refractivity contribution in [3.63, 3.8) is 0 Å². The third-order valence-corrected chi connectivity index (χ3v) is 1.06. The van der Waals surface area contributed by atoms with Crippen molar-refractivity contribution in [3.05, 3.63) is 11.3 Å². The molecular weight excluding hydrogens is 104 g/mol. The molecule has 2 nitrogen and oxygen atoms in total. The van der Waals surface area contributed by atoms with Gasteiger partial charge in [0.1, 0.15) is 0 Å². The fourth-order valence-corrected chi connectivity index (χ4v) is 0.393. The summed E-state index contributed by atoms with van der Waals surface area (Å²) in [5.74, 6) is 0.299. The summed E-state index contributed by atoms with van der Waals surface area (Å²) < 4.78 is 0. The molecule has 0 radical (unpaired) electrons. The maximum Gasteiger partial charge on any atom is 0.0931 e. The van der Waals surface area contributed by atoms with Gasteiger partial charge in [-0.1, -0.05) is 6.92 Å². The Balaban J connectivity index is 3.83. The number of allylic oxidation sites excluding steroid dienone is 1. The van der Waals surface area contributed by atoms with Gasteiger partial charge in [0.2, 0.25) is 0 Å². The Morgan fingerprint density at radius 3 is 2.12 bits per heavy atom. The zero-order chi connectivity index (χ0) is 6.57. The van der Waals surface area contributed by atoms with Crippen LogP contribution in [0.2, 0.25) is 0 Å². The number of hydrogen-bond acceptors (Lipinski definition) is 2. The van der Waals surface area contributed by atoms with E-state index in [1.165, 1.54) is 0 Å². The molecule has 0 aliphatic rings. The third kappa shape index (κ3) is 1.98. The van der Waals surface area contributed by atoms with Gasteiger partial charge in [0.25, 0.3) is 0 Å². The summed E-state index contributed by atoms with van der Waals surface area (Å²) in [4.78, 5) is 0. The minimum absolute atomic E-state index is 0.0420. The van der Waals surface area contributed by atoms with E-state index in [2.05, 4.69) is 0 Å². The van der Waals surface area contributed by atoms with Crippen molar-refractivity contribution in [2.45, 2.75) is 20.3 Å². The van der Waals surface area contributed by atoms with Crippen LogP contribution in [0.25, 0.3) is 0 Å². The molecule has 0 heterocycles. The Hall–Kier alpha value is -0.500. The lowest BCUT2D eigenvalue weighted by molar-refractivity contribution is 0.311. The number of rotatable bonds is 2. The van der Waals surface area contributed by atoms with Gasteiger partial charge in [0.15, 0.2) is 0 Å². The molecule has 0 aromatic carbocycles. The number of aliphatic hydroxyl groups is 2. The summed E-state index contributed by atoms with van der Waals surface area (Å²) in [5, 5.41) is 17.3. The van der Waals surface area contributed by atoms with Crippen LogP contribution in [-0.4, -0.2) is 16.8 Å². The largest absolute Gasteiger partial charge is 0.512 e. The normalized spacial score (nSPS) is 13.4. The molecule has 0 aliphatic carbocycles. The molecule has 0 atom stereocenters. The van der Waals surface area contributed by atoms with Crippen molar-refractivity contribution >= 4 is 0 Å². The van der Waals surface area contributed by atoms with E-state index in [4.69, 9.17) is 10.2 Å². The van der Waals surface area contributed by atoms with Gasteiger partial charge in [-0.15, -0.1) is 0 Å². The van der Waals surface area contributed by atoms with Gasteiger partial charge in [-0.2, -0.15) is 0 Å². The minimum Gasteiger partial charge on any atom is -0.512 e. The molecule has 0 spiro atoms. The van der Waals surface area contributed by atoms with E-state index in [-0.39, 0.29) is 6.61 Å². The summed E-state index contributed by atoms with van der Waals surface area (Å²) in [7, 11) is 0. The van der Waals surface area contributed by atoms with Crippen LogP contribution in [0.5, 0.6) is 0 Å². The maximum absolute atomic E-state index is 8.85. The molecule has 48 valence electrons. The smallest absolute Gasteiger partial charge is 0.0931 e. The van der Waals surface area contributed by atoms with E-state index in [1.807, 2.05) is 6.92 Å². The molecule has 0 rings (SSSR count). The second-order valence-electron chi connectivity index (χ2n) is 1.74. The Labute approximate surface area is 49.5 Å². The zero-order valence-electron chi connectivity index (χ0n) is 5.31. The first-order chi connectivity index (χ1) is 3.72. The SMILES string of the molecule is CC/C(O)=C(\C)CO. The molecule has 8 heavy (non-hydrogen) atoms. The van der Waals surface area contributed by atoms with Crippen LogP contribution >= 0.6 is 0 Å². The van der Waals surface area contributed by atoms with Gasteiger partial charge in [0, 0.05) is 6.42 Å². The monoisotopic (exact) mass is 116 g/mol. The van der Waals surface area contributed by atoms with E-state index < -0.39 is 0 Å². The van der Waals surface area contributed by atoms with E-state index in [9.17, 15) is 0 Å². The Bertz CT molecular complexity index is 82.7. The molecular formula is C6H12O2. The van der Waals surface area contributed by atoms with E-state index in [1.54, 1.807) is 6.92 Å². The van der Waals surface area contributed by atoms with Crippen molar-refractivity contribution in [1.29, 1.82) is 0 Å². The first kappa shape index (κ1) is 7.50. The average molecular weight is 116 g/mol. The summed E-state index contributed by atoms with van der Waals surface area (Å²) in [6.07, 6.45) is 0.604. The van der Waals surface area contributed by atoms with Crippen LogP contribution in [0, 0.1) is 0 Å². The molecule has 0 amide bonds. The Kier molecular flexibility index (Phi) is 3.28. The standard InChI is InChI=1S/C6H12O2/c1-3-6(8)5(2)4-7/h7-8H,3-4H2,1-2H3/b6-5-. The van der Waals surface area contributed by atoms with Crippen LogP contribution in [0.1, 0.15) is 20.3 Å². The highest BCUT2D eigenvalue weighted by Crippen LogP contribution is 2.01. The fourth-order valence-electron chi connectivity index (χ4n) is 0.393. The van der Waals surface area contributed by atoms with Crippen LogP contribution in [0.15, 0.2) is 11.3 Å². The van der Waals surface area contributed by atoms with E-state index in [0.29, 0.717) is 17.8 Å². The first-order valence-corrected chi connectivity index (χ1v) is 2.70. The quantitative estimate of drug-likeness (QED) is 0.532. The molecule has 2 heteroatoms. The third-order valence-electron chi connectivity index (χ3n) is 1.06. The van der Waals surface area contributed by atoms with Crippen molar-refractivity contribution in [3.8, 4) is 0 Å².